The predicted octanol–water partition coefficient (Wildman–Crippen LogP) is 9.54. The third-order valence-corrected chi connectivity index (χ3v) is 8.22. The summed E-state index contributed by atoms with van der Waals surface area (Å²) in [5.41, 5.74) is 11.9. The van der Waals surface area contributed by atoms with Gasteiger partial charge in [0.25, 0.3) is 0 Å². The molecule has 5 aromatic rings. The molecule has 0 amide bonds. The van der Waals surface area contributed by atoms with Gasteiger partial charge in [-0.05, 0) is 90.9 Å². The number of hydrogen-bond donors (Lipinski definition) is 0. The monoisotopic (exact) mass is 538 g/mol. The van der Waals surface area contributed by atoms with Crippen molar-refractivity contribution < 1.29 is 0 Å². The van der Waals surface area contributed by atoms with Crippen LogP contribution in [0.3, 0.4) is 0 Å². The Kier molecular flexibility index (Phi) is 9.21. The fraction of sp³-hybridized carbons (Fsp3) is 0.231. The molecule has 5 rings (SSSR count). The molecule has 1 unspecified atom stereocenters. The lowest BCUT2D eigenvalue weighted by atomic mass is 9.81. The zero-order chi connectivity index (χ0) is 28.6. The molecule has 0 saturated heterocycles. The van der Waals surface area contributed by atoms with E-state index in [1.165, 1.54) is 50.3 Å². The second-order valence-corrected chi connectivity index (χ2v) is 10.9. The Morgan fingerprint density at radius 1 is 0.488 bits per heavy atom. The number of benzene rings is 5. The molecule has 0 aromatic heterocycles. The number of hydrogen-bond acceptors (Lipinski definition) is 2. The minimum absolute atomic E-state index is 0.174. The molecule has 0 saturated carbocycles. The summed E-state index contributed by atoms with van der Waals surface area (Å²) >= 11 is 0. The summed E-state index contributed by atoms with van der Waals surface area (Å²) < 4.78 is 0. The van der Waals surface area contributed by atoms with Crippen LogP contribution in [-0.4, -0.2) is 13.1 Å². The van der Waals surface area contributed by atoms with Crippen molar-refractivity contribution in [3.63, 3.8) is 0 Å². The van der Waals surface area contributed by atoms with Crippen molar-refractivity contribution in [3.8, 4) is 0 Å². The fourth-order valence-corrected chi connectivity index (χ4v) is 5.87. The van der Waals surface area contributed by atoms with E-state index in [1.54, 1.807) is 0 Å². The van der Waals surface area contributed by atoms with E-state index >= 15 is 0 Å². The van der Waals surface area contributed by atoms with Crippen LogP contribution in [-0.2, 0) is 13.1 Å². The van der Waals surface area contributed by atoms with Crippen LogP contribution in [0.15, 0.2) is 127 Å². The van der Waals surface area contributed by atoms with Gasteiger partial charge in [-0.15, -0.1) is 0 Å². The van der Waals surface area contributed by atoms with E-state index < -0.39 is 0 Å². The van der Waals surface area contributed by atoms with Crippen LogP contribution in [0.25, 0.3) is 0 Å². The first kappa shape index (κ1) is 28.2. The predicted molar refractivity (Wildman–Crippen MR) is 176 cm³/mol. The van der Waals surface area contributed by atoms with E-state index in [4.69, 9.17) is 0 Å². The smallest absolute Gasteiger partial charge is 0.0429 e. The number of aryl methyl sites for hydroxylation is 2. The number of rotatable bonds is 11. The third-order valence-electron chi connectivity index (χ3n) is 8.22. The van der Waals surface area contributed by atoms with Gasteiger partial charge in [-0.25, -0.2) is 0 Å². The minimum atomic E-state index is 0.174. The van der Waals surface area contributed by atoms with E-state index in [-0.39, 0.29) is 5.92 Å². The van der Waals surface area contributed by atoms with E-state index in [2.05, 4.69) is 165 Å². The van der Waals surface area contributed by atoms with E-state index in [1.807, 2.05) is 0 Å². The molecule has 0 aliphatic heterocycles. The maximum absolute atomic E-state index is 2.45. The zero-order valence-corrected chi connectivity index (χ0v) is 24.9. The van der Waals surface area contributed by atoms with Gasteiger partial charge in [-0.2, -0.15) is 0 Å². The van der Waals surface area contributed by atoms with E-state index in [0.717, 1.165) is 26.2 Å². The van der Waals surface area contributed by atoms with Gasteiger partial charge in [0.2, 0.25) is 0 Å². The van der Waals surface area contributed by atoms with Crippen molar-refractivity contribution in [1.29, 1.82) is 0 Å². The third kappa shape index (κ3) is 6.72. The summed E-state index contributed by atoms with van der Waals surface area (Å²) in [7, 11) is 0. The number of nitrogens with zero attached hydrogens (tertiary/aromatic N) is 2. The summed E-state index contributed by atoms with van der Waals surface area (Å²) in [6.45, 7) is 12.7. The first-order valence-electron chi connectivity index (χ1n) is 14.9. The van der Waals surface area contributed by atoms with Crippen LogP contribution in [0.5, 0.6) is 0 Å². The molecule has 0 aliphatic carbocycles. The van der Waals surface area contributed by atoms with Gasteiger partial charge >= 0.3 is 0 Å². The molecule has 2 nitrogen and oxygen atoms in total. The molecule has 0 heterocycles. The highest BCUT2D eigenvalue weighted by molar-refractivity contribution is 5.57. The van der Waals surface area contributed by atoms with Crippen LogP contribution in [0.2, 0.25) is 0 Å². The normalized spacial score (nSPS) is 11.7. The summed E-state index contributed by atoms with van der Waals surface area (Å²) in [5.74, 6) is 0.174. The van der Waals surface area contributed by atoms with Crippen LogP contribution >= 0.6 is 0 Å². The van der Waals surface area contributed by atoms with Gasteiger partial charge in [-0.3, -0.25) is 0 Å². The highest BCUT2D eigenvalue weighted by Gasteiger charge is 2.21. The van der Waals surface area contributed by atoms with Crippen LogP contribution in [0.1, 0.15) is 58.7 Å². The van der Waals surface area contributed by atoms with Gasteiger partial charge < -0.3 is 9.80 Å². The Bertz CT molecular complexity index is 1520. The molecule has 41 heavy (non-hydrogen) atoms. The molecule has 1 atom stereocenters. The summed E-state index contributed by atoms with van der Waals surface area (Å²) in [4.78, 5) is 4.89. The largest absolute Gasteiger partial charge is 0.367 e. The molecule has 0 radical (unpaired) electrons. The molecule has 0 bridgehead atoms. The molecular formula is C39H42N2. The zero-order valence-electron chi connectivity index (χ0n) is 24.9. The van der Waals surface area contributed by atoms with Gasteiger partial charge in [0, 0.05) is 43.5 Å². The Morgan fingerprint density at radius 3 is 1.51 bits per heavy atom. The topological polar surface area (TPSA) is 6.48 Å². The van der Waals surface area contributed by atoms with Crippen LogP contribution in [0, 0.1) is 13.8 Å². The number of anilines is 2. The lowest BCUT2D eigenvalue weighted by Gasteiger charge is -2.28. The molecule has 0 fully saturated rings. The first-order valence-corrected chi connectivity index (χ1v) is 14.9. The van der Waals surface area contributed by atoms with E-state index in [0.29, 0.717) is 0 Å². The molecular weight excluding hydrogens is 496 g/mol. The van der Waals surface area contributed by atoms with Gasteiger partial charge in [0.05, 0.1) is 0 Å². The highest BCUT2D eigenvalue weighted by Crippen LogP contribution is 2.37. The lowest BCUT2D eigenvalue weighted by molar-refractivity contribution is 0.828. The van der Waals surface area contributed by atoms with Crippen LogP contribution < -0.4 is 9.80 Å². The van der Waals surface area contributed by atoms with Crippen molar-refractivity contribution in [2.75, 3.05) is 22.9 Å². The highest BCUT2D eigenvalue weighted by atomic mass is 15.1. The maximum atomic E-state index is 2.45. The van der Waals surface area contributed by atoms with Crippen molar-refractivity contribution in [1.82, 2.24) is 0 Å². The van der Waals surface area contributed by atoms with Crippen molar-refractivity contribution in [2.45, 2.75) is 46.7 Å². The van der Waals surface area contributed by atoms with Crippen molar-refractivity contribution in [3.05, 3.63) is 166 Å². The Labute approximate surface area is 246 Å². The average molecular weight is 539 g/mol. The quantitative estimate of drug-likeness (QED) is 0.155. The molecule has 208 valence electrons. The minimum Gasteiger partial charge on any atom is -0.367 e. The Morgan fingerprint density at radius 2 is 0.976 bits per heavy atom. The van der Waals surface area contributed by atoms with Crippen LogP contribution in [0.4, 0.5) is 11.4 Å². The summed E-state index contributed by atoms with van der Waals surface area (Å²) in [6.07, 6.45) is 0. The SMILES string of the molecule is CCN(Cc1ccccc1)c1ccc(C(c2ccccc2C)c2ccc(N(CC)Cc3ccccc3)cc2C)cc1. The first-order chi connectivity index (χ1) is 20.1. The average Bonchev–Trinajstić information content (AvgIpc) is 3.02. The Hall–Kier alpha value is -4.30. The Balaban J connectivity index is 1.47. The molecule has 5 aromatic carbocycles. The van der Waals surface area contributed by atoms with Gasteiger partial charge in [0.15, 0.2) is 0 Å². The van der Waals surface area contributed by atoms with Gasteiger partial charge in [-0.1, -0.05) is 103 Å². The van der Waals surface area contributed by atoms with E-state index in [9.17, 15) is 0 Å². The molecule has 0 aliphatic rings. The molecule has 0 spiro atoms. The van der Waals surface area contributed by atoms with Crippen molar-refractivity contribution in [2.24, 2.45) is 0 Å². The lowest BCUT2D eigenvalue weighted by Crippen LogP contribution is -2.22. The fourth-order valence-electron chi connectivity index (χ4n) is 5.87. The molecule has 2 heteroatoms. The second-order valence-electron chi connectivity index (χ2n) is 10.9. The summed E-state index contributed by atoms with van der Waals surface area (Å²) in [6, 6.07) is 46.6. The standard InChI is InChI=1S/C39H42N2/c1-5-40(28-32-16-9-7-10-17-32)35-23-21-34(22-24-35)39(37-20-14-13-15-30(37)3)38-26-25-36(27-31(38)4)41(6-2)29-33-18-11-8-12-19-33/h7-27,39H,5-6,28-29H2,1-4H3. The maximum Gasteiger partial charge on any atom is 0.0429 e. The second kappa shape index (κ2) is 13.4. The molecule has 0 N–H and O–H groups in total. The summed E-state index contributed by atoms with van der Waals surface area (Å²) in [5, 5.41) is 0. The van der Waals surface area contributed by atoms with Crippen molar-refractivity contribution >= 4 is 11.4 Å². The van der Waals surface area contributed by atoms with Gasteiger partial charge in [0.1, 0.15) is 0 Å².